The summed E-state index contributed by atoms with van der Waals surface area (Å²) in [5.41, 5.74) is 0. The van der Waals surface area contributed by atoms with E-state index in [9.17, 15) is 4.79 Å². The first-order chi connectivity index (χ1) is 3.81. The summed E-state index contributed by atoms with van der Waals surface area (Å²) >= 11 is 1.69. The highest BCUT2D eigenvalue weighted by molar-refractivity contribution is 8.03. The van der Waals surface area contributed by atoms with Gasteiger partial charge in [-0.25, -0.2) is 0 Å². The van der Waals surface area contributed by atoms with E-state index in [1.165, 1.54) is 0 Å². The van der Waals surface area contributed by atoms with Crippen LogP contribution in [0.25, 0.3) is 0 Å². The monoisotopic (exact) mass is 130 g/mol. The van der Waals surface area contributed by atoms with Gasteiger partial charge in [-0.1, -0.05) is 6.92 Å². The molecule has 0 heterocycles. The lowest BCUT2D eigenvalue weighted by atomic mass is 10.6. The minimum Gasteiger partial charge on any atom is -0.299 e. The van der Waals surface area contributed by atoms with E-state index in [1.807, 2.05) is 6.92 Å². The Kier molecular flexibility index (Phi) is 4.76. The predicted molar refractivity (Wildman–Crippen MR) is 38.0 cm³/mol. The van der Waals surface area contributed by atoms with Gasteiger partial charge in [0.1, 0.15) is 6.29 Å². The third-order valence-corrected chi connectivity index (χ3v) is 1.55. The first-order valence-corrected chi connectivity index (χ1v) is 3.54. The van der Waals surface area contributed by atoms with Gasteiger partial charge in [-0.2, -0.15) is 0 Å². The molecular weight excluding hydrogens is 120 g/mol. The molecule has 0 aliphatic carbocycles. The molecule has 0 atom stereocenters. The molecule has 0 amide bonds. The smallest absolute Gasteiger partial charge is 0.143 e. The zero-order chi connectivity index (χ0) is 6.41. The average molecular weight is 130 g/mol. The number of thioether (sulfide) groups is 1. The van der Waals surface area contributed by atoms with Gasteiger partial charge >= 0.3 is 0 Å². The van der Waals surface area contributed by atoms with Gasteiger partial charge in [-0.15, -0.1) is 11.8 Å². The van der Waals surface area contributed by atoms with Crippen LogP contribution in [0.15, 0.2) is 11.0 Å². The van der Waals surface area contributed by atoms with Crippen LogP contribution in [-0.4, -0.2) is 12.0 Å². The molecule has 0 bridgehead atoms. The van der Waals surface area contributed by atoms with E-state index < -0.39 is 0 Å². The standard InChI is InChI=1S/C6H10OS/c1-3-8-6(2)4-5-7/h4-5H,3H2,1-2H3. The Hall–Kier alpha value is -0.240. The highest BCUT2D eigenvalue weighted by Crippen LogP contribution is 2.11. The van der Waals surface area contributed by atoms with E-state index >= 15 is 0 Å². The van der Waals surface area contributed by atoms with Crippen molar-refractivity contribution < 1.29 is 4.79 Å². The molecular formula is C6H10OS. The molecule has 0 aromatic rings. The fourth-order valence-corrected chi connectivity index (χ4v) is 0.979. The van der Waals surface area contributed by atoms with Crippen molar-refractivity contribution in [3.05, 3.63) is 11.0 Å². The van der Waals surface area contributed by atoms with E-state index in [-0.39, 0.29) is 0 Å². The molecule has 0 aliphatic rings. The summed E-state index contributed by atoms with van der Waals surface area (Å²) in [6, 6.07) is 0. The summed E-state index contributed by atoms with van der Waals surface area (Å²) in [7, 11) is 0. The van der Waals surface area contributed by atoms with Crippen molar-refractivity contribution in [2.45, 2.75) is 13.8 Å². The van der Waals surface area contributed by atoms with Gasteiger partial charge in [0, 0.05) is 0 Å². The van der Waals surface area contributed by atoms with E-state index in [0.29, 0.717) is 0 Å². The molecule has 1 nitrogen and oxygen atoms in total. The SMILES string of the molecule is CCSC(C)=CC=O. The Morgan fingerprint density at radius 1 is 1.75 bits per heavy atom. The largest absolute Gasteiger partial charge is 0.299 e. The second-order valence-corrected chi connectivity index (χ2v) is 2.86. The van der Waals surface area contributed by atoms with E-state index in [0.717, 1.165) is 16.9 Å². The van der Waals surface area contributed by atoms with Crippen LogP contribution in [-0.2, 0) is 4.79 Å². The van der Waals surface area contributed by atoms with Crippen LogP contribution in [0.4, 0.5) is 0 Å². The molecule has 0 N–H and O–H groups in total. The molecule has 46 valence electrons. The van der Waals surface area contributed by atoms with Crippen molar-refractivity contribution in [3.8, 4) is 0 Å². The molecule has 0 aromatic heterocycles. The Morgan fingerprint density at radius 2 is 2.38 bits per heavy atom. The maximum absolute atomic E-state index is 9.80. The maximum atomic E-state index is 9.80. The zero-order valence-corrected chi connectivity index (χ0v) is 5.99. The lowest BCUT2D eigenvalue weighted by Crippen LogP contribution is -1.70. The van der Waals surface area contributed by atoms with Crippen LogP contribution in [0.5, 0.6) is 0 Å². The molecule has 0 saturated heterocycles. The predicted octanol–water partition coefficient (Wildman–Crippen LogP) is 1.84. The summed E-state index contributed by atoms with van der Waals surface area (Å²) in [4.78, 5) is 10.9. The number of aldehydes is 1. The Labute approximate surface area is 54.2 Å². The van der Waals surface area contributed by atoms with E-state index in [4.69, 9.17) is 0 Å². The molecule has 0 rings (SSSR count). The summed E-state index contributed by atoms with van der Waals surface area (Å²) in [5.74, 6) is 1.04. The molecule has 8 heavy (non-hydrogen) atoms. The Morgan fingerprint density at radius 3 is 2.75 bits per heavy atom. The highest BCUT2D eigenvalue weighted by Gasteiger charge is 1.82. The first kappa shape index (κ1) is 7.76. The fraction of sp³-hybridized carbons (Fsp3) is 0.500. The molecule has 0 aromatic carbocycles. The van der Waals surface area contributed by atoms with Crippen molar-refractivity contribution in [2.24, 2.45) is 0 Å². The average Bonchev–Trinajstić information content (AvgIpc) is 1.68. The molecule has 0 spiro atoms. The Balaban J connectivity index is 3.44. The first-order valence-electron chi connectivity index (χ1n) is 2.56. The van der Waals surface area contributed by atoms with Gasteiger partial charge in [0.2, 0.25) is 0 Å². The molecule has 0 unspecified atom stereocenters. The molecule has 2 heteroatoms. The topological polar surface area (TPSA) is 17.1 Å². The highest BCUT2D eigenvalue weighted by atomic mass is 32.2. The second kappa shape index (κ2) is 4.91. The molecule has 0 fully saturated rings. The third-order valence-electron chi connectivity index (χ3n) is 0.675. The van der Waals surface area contributed by atoms with Crippen molar-refractivity contribution in [1.29, 1.82) is 0 Å². The van der Waals surface area contributed by atoms with Crippen molar-refractivity contribution in [2.75, 3.05) is 5.75 Å². The van der Waals surface area contributed by atoms with E-state index in [2.05, 4.69) is 6.92 Å². The van der Waals surface area contributed by atoms with Gasteiger partial charge in [0.15, 0.2) is 0 Å². The minimum atomic E-state index is 0.817. The van der Waals surface area contributed by atoms with Crippen molar-refractivity contribution >= 4 is 18.0 Å². The summed E-state index contributed by atoms with van der Waals surface area (Å²) in [6.07, 6.45) is 2.40. The number of carbonyl (C=O) groups is 1. The van der Waals surface area contributed by atoms with Crippen LogP contribution in [0.2, 0.25) is 0 Å². The lowest BCUT2D eigenvalue weighted by Gasteiger charge is -1.90. The molecule has 0 saturated carbocycles. The third kappa shape index (κ3) is 3.93. The molecule has 0 radical (unpaired) electrons. The van der Waals surface area contributed by atoms with Crippen molar-refractivity contribution in [1.82, 2.24) is 0 Å². The second-order valence-electron chi connectivity index (χ2n) is 1.35. The summed E-state index contributed by atoms with van der Waals surface area (Å²) in [5, 5.41) is 0. The summed E-state index contributed by atoms with van der Waals surface area (Å²) in [6.45, 7) is 4.00. The quantitative estimate of drug-likeness (QED) is 0.428. The normalized spacial score (nSPS) is 11.5. The number of rotatable bonds is 3. The lowest BCUT2D eigenvalue weighted by molar-refractivity contribution is -0.104. The van der Waals surface area contributed by atoms with Gasteiger partial charge in [0.05, 0.1) is 0 Å². The number of allylic oxidation sites excluding steroid dienone is 2. The fourth-order valence-electron chi connectivity index (χ4n) is 0.372. The van der Waals surface area contributed by atoms with Gasteiger partial charge < -0.3 is 0 Å². The van der Waals surface area contributed by atoms with Crippen LogP contribution in [0.1, 0.15) is 13.8 Å². The van der Waals surface area contributed by atoms with E-state index in [1.54, 1.807) is 17.8 Å². The molecule has 0 aliphatic heterocycles. The number of hydrogen-bond donors (Lipinski definition) is 0. The van der Waals surface area contributed by atoms with Crippen molar-refractivity contribution in [3.63, 3.8) is 0 Å². The van der Waals surface area contributed by atoms with Crippen LogP contribution in [0.3, 0.4) is 0 Å². The minimum absolute atomic E-state index is 0.817. The van der Waals surface area contributed by atoms with Crippen LogP contribution < -0.4 is 0 Å². The Bertz CT molecular complexity index is 96.7. The van der Waals surface area contributed by atoms with Crippen LogP contribution >= 0.6 is 11.8 Å². The zero-order valence-electron chi connectivity index (χ0n) is 5.18. The van der Waals surface area contributed by atoms with Gasteiger partial charge in [-0.3, -0.25) is 4.79 Å². The van der Waals surface area contributed by atoms with Gasteiger partial charge in [0.25, 0.3) is 0 Å². The maximum Gasteiger partial charge on any atom is 0.143 e. The number of carbonyl (C=O) groups excluding carboxylic acids is 1. The summed E-state index contributed by atoms with van der Waals surface area (Å²) < 4.78 is 0. The van der Waals surface area contributed by atoms with Crippen LogP contribution in [0, 0.1) is 0 Å². The number of hydrogen-bond acceptors (Lipinski definition) is 2. The van der Waals surface area contributed by atoms with Gasteiger partial charge in [-0.05, 0) is 23.7 Å².